The molecule has 1 heterocycles. The number of thioether (sulfide) groups is 1. The van der Waals surface area contributed by atoms with Crippen molar-refractivity contribution in [2.45, 2.75) is 6.92 Å². The smallest absolute Gasteiger partial charge is 0.258 e. The van der Waals surface area contributed by atoms with Gasteiger partial charge in [-0.3, -0.25) is 15.5 Å². The molecular weight excluding hydrogens is 312 g/mol. The number of nitrogens with one attached hydrogen (secondary N) is 1. The first kappa shape index (κ1) is 15.2. The quantitative estimate of drug-likeness (QED) is 0.690. The van der Waals surface area contributed by atoms with Crippen LogP contribution < -0.4 is 5.43 Å². The Labute approximate surface area is 137 Å². The third-order valence-electron chi connectivity index (χ3n) is 3.36. The molecule has 0 unspecified atom stereocenters. The summed E-state index contributed by atoms with van der Waals surface area (Å²) in [6.07, 6.45) is 0. The monoisotopic (exact) mass is 326 g/mol. The first-order valence-corrected chi connectivity index (χ1v) is 7.96. The van der Waals surface area contributed by atoms with Gasteiger partial charge in [0.15, 0.2) is 5.17 Å². The Bertz CT molecular complexity index is 803. The van der Waals surface area contributed by atoms with Gasteiger partial charge in [-0.15, -0.1) is 0 Å². The first-order valence-electron chi connectivity index (χ1n) is 6.98. The Morgan fingerprint density at radius 1 is 1.26 bits per heavy atom. The van der Waals surface area contributed by atoms with Gasteiger partial charge in [0.25, 0.3) is 5.69 Å². The van der Waals surface area contributed by atoms with Crippen LogP contribution in [0.2, 0.25) is 0 Å². The summed E-state index contributed by atoms with van der Waals surface area (Å²) in [5, 5.41) is 16.0. The van der Waals surface area contributed by atoms with Crippen molar-refractivity contribution in [3.63, 3.8) is 0 Å². The Hall–Kier alpha value is -2.67. The third-order valence-corrected chi connectivity index (χ3v) is 4.23. The fourth-order valence-electron chi connectivity index (χ4n) is 2.13. The van der Waals surface area contributed by atoms with E-state index in [1.165, 1.54) is 11.8 Å². The lowest BCUT2D eigenvalue weighted by Crippen LogP contribution is -2.25. The van der Waals surface area contributed by atoms with Crippen molar-refractivity contribution in [1.82, 2.24) is 5.43 Å². The first-order chi connectivity index (χ1) is 11.1. The number of benzene rings is 2. The van der Waals surface area contributed by atoms with E-state index in [-0.39, 0.29) is 10.6 Å². The van der Waals surface area contributed by atoms with Gasteiger partial charge >= 0.3 is 0 Å². The van der Waals surface area contributed by atoms with E-state index in [0.717, 1.165) is 17.0 Å². The molecule has 0 spiro atoms. The zero-order valence-electron chi connectivity index (χ0n) is 12.4. The van der Waals surface area contributed by atoms with Gasteiger partial charge in [0.2, 0.25) is 0 Å². The number of nitro groups is 1. The van der Waals surface area contributed by atoms with Crippen LogP contribution in [0.4, 0.5) is 11.4 Å². The second kappa shape index (κ2) is 6.62. The maximum Gasteiger partial charge on any atom is 0.272 e. The lowest BCUT2D eigenvalue weighted by Gasteiger charge is -2.15. The summed E-state index contributed by atoms with van der Waals surface area (Å²) in [5.74, 6) is 0.610. The molecule has 2 aromatic rings. The molecule has 1 aliphatic rings. The van der Waals surface area contributed by atoms with Crippen molar-refractivity contribution in [3.05, 3.63) is 69.8 Å². The van der Waals surface area contributed by atoms with Crippen LogP contribution in [-0.2, 0) is 0 Å². The van der Waals surface area contributed by atoms with Crippen LogP contribution in [0, 0.1) is 17.0 Å². The second-order valence-electron chi connectivity index (χ2n) is 4.97. The van der Waals surface area contributed by atoms with Gasteiger partial charge < -0.3 is 0 Å². The van der Waals surface area contributed by atoms with E-state index in [1.54, 1.807) is 19.1 Å². The number of aliphatic imine (C=N–C) groups is 1. The molecule has 6 nitrogen and oxygen atoms in total. The summed E-state index contributed by atoms with van der Waals surface area (Å²) < 4.78 is 0. The minimum absolute atomic E-state index is 0.110. The molecule has 1 N–H and O–H groups in total. The van der Waals surface area contributed by atoms with Crippen molar-refractivity contribution in [2.75, 3.05) is 5.75 Å². The highest BCUT2D eigenvalue weighted by atomic mass is 32.2. The molecule has 0 aromatic heterocycles. The molecule has 23 heavy (non-hydrogen) atoms. The van der Waals surface area contributed by atoms with Crippen LogP contribution in [0.5, 0.6) is 0 Å². The maximum absolute atomic E-state index is 11.0. The van der Waals surface area contributed by atoms with Gasteiger partial charge in [0.1, 0.15) is 0 Å². The van der Waals surface area contributed by atoms with Gasteiger partial charge in [-0.2, -0.15) is 5.10 Å². The summed E-state index contributed by atoms with van der Waals surface area (Å²) in [5.41, 5.74) is 6.03. The van der Waals surface area contributed by atoms with Gasteiger partial charge in [-0.25, -0.2) is 4.99 Å². The topological polar surface area (TPSA) is 79.9 Å². The van der Waals surface area contributed by atoms with Crippen molar-refractivity contribution in [2.24, 2.45) is 10.1 Å². The van der Waals surface area contributed by atoms with Crippen LogP contribution in [0.15, 0.2) is 58.6 Å². The number of hydrazone groups is 1. The van der Waals surface area contributed by atoms with Crippen LogP contribution in [0.1, 0.15) is 11.1 Å². The molecule has 0 saturated heterocycles. The van der Waals surface area contributed by atoms with Crippen molar-refractivity contribution >= 4 is 34.0 Å². The number of amidine groups is 1. The minimum Gasteiger partial charge on any atom is -0.258 e. The molecular formula is C16H14N4O2S. The lowest BCUT2D eigenvalue weighted by molar-refractivity contribution is -0.385. The summed E-state index contributed by atoms with van der Waals surface area (Å²) in [6, 6.07) is 14.8. The predicted octanol–water partition coefficient (Wildman–Crippen LogP) is 3.63. The molecule has 0 atom stereocenters. The molecule has 0 aliphatic carbocycles. The van der Waals surface area contributed by atoms with Crippen molar-refractivity contribution in [3.8, 4) is 0 Å². The fraction of sp³-hybridized carbons (Fsp3) is 0.125. The van der Waals surface area contributed by atoms with E-state index in [2.05, 4.69) is 15.5 Å². The highest BCUT2D eigenvalue weighted by molar-refractivity contribution is 8.14. The molecule has 0 amide bonds. The van der Waals surface area contributed by atoms with Crippen LogP contribution in [0.3, 0.4) is 0 Å². The largest absolute Gasteiger partial charge is 0.272 e. The van der Waals surface area contributed by atoms with Crippen LogP contribution in [-0.4, -0.2) is 21.6 Å². The number of para-hydroxylation sites is 1. The fourth-order valence-corrected chi connectivity index (χ4v) is 2.91. The average Bonchev–Trinajstić information content (AvgIpc) is 2.57. The normalized spacial score (nSPS) is 15.9. The number of nitro benzene ring substituents is 1. The zero-order chi connectivity index (χ0) is 16.2. The van der Waals surface area contributed by atoms with E-state index in [0.29, 0.717) is 16.5 Å². The third kappa shape index (κ3) is 3.57. The van der Waals surface area contributed by atoms with Crippen molar-refractivity contribution < 1.29 is 4.92 Å². The van der Waals surface area contributed by atoms with Gasteiger partial charge in [0.05, 0.1) is 16.3 Å². The predicted molar refractivity (Wildman–Crippen MR) is 93.5 cm³/mol. The zero-order valence-corrected chi connectivity index (χ0v) is 13.2. The van der Waals surface area contributed by atoms with Crippen LogP contribution in [0.25, 0.3) is 0 Å². The van der Waals surface area contributed by atoms with Crippen molar-refractivity contribution in [1.29, 1.82) is 0 Å². The summed E-state index contributed by atoms with van der Waals surface area (Å²) in [6.45, 7) is 1.72. The average molecular weight is 326 g/mol. The number of aryl methyl sites for hydroxylation is 1. The molecule has 0 fully saturated rings. The van der Waals surface area contributed by atoms with Gasteiger partial charge in [0, 0.05) is 22.9 Å². The maximum atomic E-state index is 11.0. The Kier molecular flexibility index (Phi) is 4.38. The summed E-state index contributed by atoms with van der Waals surface area (Å²) in [4.78, 5) is 15.1. The van der Waals surface area contributed by atoms with Crippen LogP contribution >= 0.6 is 11.8 Å². The number of rotatable bonds is 3. The summed E-state index contributed by atoms with van der Waals surface area (Å²) in [7, 11) is 0. The van der Waals surface area contributed by atoms with E-state index in [9.17, 15) is 10.1 Å². The van der Waals surface area contributed by atoms with E-state index >= 15 is 0 Å². The molecule has 3 rings (SSSR count). The lowest BCUT2D eigenvalue weighted by atomic mass is 10.1. The Balaban J connectivity index is 1.81. The molecule has 0 saturated carbocycles. The highest BCUT2D eigenvalue weighted by Crippen LogP contribution is 2.23. The summed E-state index contributed by atoms with van der Waals surface area (Å²) >= 11 is 1.52. The molecule has 0 bridgehead atoms. The molecule has 116 valence electrons. The van der Waals surface area contributed by atoms with E-state index in [1.807, 2.05) is 36.4 Å². The van der Waals surface area contributed by atoms with E-state index < -0.39 is 0 Å². The van der Waals surface area contributed by atoms with E-state index in [4.69, 9.17) is 0 Å². The molecule has 7 heteroatoms. The second-order valence-corrected chi connectivity index (χ2v) is 5.93. The molecule has 1 aliphatic heterocycles. The highest BCUT2D eigenvalue weighted by Gasteiger charge is 2.17. The molecule has 2 aromatic carbocycles. The molecule has 0 radical (unpaired) electrons. The van der Waals surface area contributed by atoms with Gasteiger partial charge in [-0.1, -0.05) is 42.1 Å². The number of nitrogens with zero attached hydrogens (tertiary/aromatic N) is 3. The Morgan fingerprint density at radius 3 is 2.70 bits per heavy atom. The van der Waals surface area contributed by atoms with Gasteiger partial charge in [-0.05, 0) is 19.1 Å². The number of hydrogen-bond donors (Lipinski definition) is 1. The minimum atomic E-state index is -0.370. The standard InChI is InChI=1S/C16H14N4O2S/c1-11-7-8-12(9-15(11)20(21)22)14-10-23-16(19-18-14)17-13-5-3-2-4-6-13/h2-9H,10H2,1H3,(H,17,19). The SMILES string of the molecule is Cc1ccc(C2=NNC(=Nc3ccccc3)SC2)cc1[N+](=O)[O-]. The number of hydrogen-bond acceptors (Lipinski definition) is 5. The Morgan fingerprint density at radius 2 is 2.04 bits per heavy atom.